The van der Waals surface area contributed by atoms with Crippen LogP contribution >= 0.6 is 11.6 Å². The number of ether oxygens (including phenoxy) is 2. The lowest BCUT2D eigenvalue weighted by Gasteiger charge is -2.47. The highest BCUT2D eigenvalue weighted by Gasteiger charge is 2.52. The molecule has 0 aromatic carbocycles. The fourth-order valence-corrected chi connectivity index (χ4v) is 5.37. The van der Waals surface area contributed by atoms with Crippen LogP contribution in [-0.2, 0) is 14.3 Å². The van der Waals surface area contributed by atoms with Gasteiger partial charge in [0.1, 0.15) is 6.29 Å². The van der Waals surface area contributed by atoms with Crippen molar-refractivity contribution in [1.29, 1.82) is 0 Å². The van der Waals surface area contributed by atoms with Gasteiger partial charge in [0.2, 0.25) is 0 Å². The number of fused-ring (bicyclic) bond motifs is 6. The Morgan fingerprint density at radius 1 is 1.42 bits per heavy atom. The van der Waals surface area contributed by atoms with Crippen LogP contribution < -0.4 is 4.74 Å². The van der Waals surface area contributed by atoms with Crippen LogP contribution in [-0.4, -0.2) is 53.6 Å². The maximum atomic E-state index is 12.0. The van der Waals surface area contributed by atoms with Gasteiger partial charge in [-0.3, -0.25) is 4.79 Å². The molecule has 31 heavy (non-hydrogen) atoms. The lowest BCUT2D eigenvalue weighted by Crippen LogP contribution is -2.46. The van der Waals surface area contributed by atoms with Gasteiger partial charge in [-0.15, -0.1) is 0 Å². The summed E-state index contributed by atoms with van der Waals surface area (Å²) in [4.78, 5) is 30.4. The summed E-state index contributed by atoms with van der Waals surface area (Å²) in [5.41, 5.74) is 2.88. The topological polar surface area (TPSA) is 89.0 Å². The number of hydrogen-bond acceptors (Lipinski definition) is 6. The Hall–Kier alpha value is -2.38. The number of methoxy groups -OCH3 is 1. The Kier molecular flexibility index (Phi) is 5.83. The predicted octanol–water partition coefficient (Wildman–Crippen LogP) is 4.02. The van der Waals surface area contributed by atoms with Crippen LogP contribution in [0.1, 0.15) is 56.7 Å². The summed E-state index contributed by atoms with van der Waals surface area (Å²) in [5, 5.41) is 9.85. The highest BCUT2D eigenvalue weighted by Crippen LogP contribution is 2.57. The van der Waals surface area contributed by atoms with Gasteiger partial charge in [0, 0.05) is 50.3 Å². The minimum atomic E-state index is -1.01. The molecule has 1 N–H and O–H groups in total. The normalized spacial score (nSPS) is 23.6. The first-order valence-electron chi connectivity index (χ1n) is 10.5. The first-order valence-corrected chi connectivity index (χ1v) is 10.9. The van der Waals surface area contributed by atoms with Gasteiger partial charge < -0.3 is 19.5 Å². The van der Waals surface area contributed by atoms with Gasteiger partial charge in [0.05, 0.1) is 23.6 Å². The molecule has 7 nitrogen and oxygen atoms in total. The molecule has 3 aliphatic rings. The molecule has 0 radical (unpaired) electrons. The summed E-state index contributed by atoms with van der Waals surface area (Å²) >= 11 is 6.47. The van der Waals surface area contributed by atoms with E-state index in [-0.39, 0.29) is 34.5 Å². The van der Waals surface area contributed by atoms with Gasteiger partial charge in [-0.1, -0.05) is 25.4 Å². The van der Waals surface area contributed by atoms with Gasteiger partial charge in [-0.25, -0.2) is 9.78 Å². The number of aromatic nitrogens is 1. The van der Waals surface area contributed by atoms with Crippen molar-refractivity contribution in [3.8, 4) is 5.75 Å². The lowest BCUT2D eigenvalue weighted by molar-refractivity contribution is -0.132. The standard InChI is InChI=1S/C23H27ClN2O5/c1-23(2)6-5-15-16-10-17(31-8-4-7-30-3)21(24)25-18(16)19-14(12-27)9-13(22(28)29)11-26(19)20(15)23/h10-12,15,20H,4-9H2,1-3H3,(H,28,29). The molecule has 2 aliphatic heterocycles. The molecular formula is C23H27ClN2O5. The Morgan fingerprint density at radius 2 is 2.19 bits per heavy atom. The van der Waals surface area contributed by atoms with Crippen molar-refractivity contribution in [2.24, 2.45) is 5.41 Å². The van der Waals surface area contributed by atoms with Crippen molar-refractivity contribution >= 4 is 29.6 Å². The number of halogens is 1. The second kappa shape index (κ2) is 8.28. The molecule has 1 aromatic heterocycles. The van der Waals surface area contributed by atoms with Crippen LogP contribution in [0.4, 0.5) is 0 Å². The predicted molar refractivity (Wildman–Crippen MR) is 116 cm³/mol. The first-order chi connectivity index (χ1) is 14.8. The number of carboxylic acid groups (broad SMARTS) is 1. The van der Waals surface area contributed by atoms with E-state index in [9.17, 15) is 14.7 Å². The Labute approximate surface area is 186 Å². The molecule has 0 saturated heterocycles. The lowest BCUT2D eigenvalue weighted by atomic mass is 9.76. The van der Waals surface area contributed by atoms with E-state index < -0.39 is 5.97 Å². The summed E-state index contributed by atoms with van der Waals surface area (Å²) in [7, 11) is 1.65. The SMILES string of the molecule is COCCCOc1cc2c(nc1Cl)C1=C(C=O)CC(C(=O)O)=CN1C1C2CCC1(C)C. The van der Waals surface area contributed by atoms with Crippen molar-refractivity contribution in [1.82, 2.24) is 9.88 Å². The first kappa shape index (κ1) is 21.8. The van der Waals surface area contributed by atoms with Crippen molar-refractivity contribution in [2.75, 3.05) is 20.3 Å². The van der Waals surface area contributed by atoms with Crippen LogP contribution in [0, 0.1) is 5.41 Å². The van der Waals surface area contributed by atoms with Crippen molar-refractivity contribution in [3.63, 3.8) is 0 Å². The molecule has 1 saturated carbocycles. The van der Waals surface area contributed by atoms with E-state index in [0.717, 1.165) is 31.1 Å². The van der Waals surface area contributed by atoms with E-state index >= 15 is 0 Å². The number of pyridine rings is 1. The Morgan fingerprint density at radius 3 is 2.87 bits per heavy atom. The molecule has 4 rings (SSSR count). The minimum absolute atomic E-state index is 0.0175. The molecular weight excluding hydrogens is 420 g/mol. The zero-order valence-electron chi connectivity index (χ0n) is 18.0. The van der Waals surface area contributed by atoms with Crippen LogP contribution in [0.2, 0.25) is 5.15 Å². The third kappa shape index (κ3) is 3.74. The number of carboxylic acids is 1. The van der Waals surface area contributed by atoms with Crippen LogP contribution in [0.15, 0.2) is 23.4 Å². The quantitative estimate of drug-likeness (QED) is 0.384. The van der Waals surface area contributed by atoms with Gasteiger partial charge in [0.25, 0.3) is 0 Å². The molecule has 2 atom stereocenters. The highest BCUT2D eigenvalue weighted by molar-refractivity contribution is 6.31. The molecule has 1 aliphatic carbocycles. The summed E-state index contributed by atoms with van der Waals surface area (Å²) < 4.78 is 10.9. The average molecular weight is 447 g/mol. The second-order valence-corrected chi connectivity index (χ2v) is 9.38. The maximum Gasteiger partial charge on any atom is 0.333 e. The fourth-order valence-electron chi connectivity index (χ4n) is 5.17. The number of carbonyl (C=O) groups excluding carboxylic acids is 1. The molecule has 0 bridgehead atoms. The number of carbonyl (C=O) groups is 2. The van der Waals surface area contributed by atoms with Crippen LogP contribution in [0.25, 0.3) is 5.70 Å². The Balaban J connectivity index is 1.84. The van der Waals surface area contributed by atoms with E-state index in [2.05, 4.69) is 18.8 Å². The van der Waals surface area contributed by atoms with E-state index in [1.807, 2.05) is 11.0 Å². The molecule has 0 amide bonds. The summed E-state index contributed by atoms with van der Waals surface area (Å²) in [6.45, 7) is 5.44. The van der Waals surface area contributed by atoms with Gasteiger partial charge in [-0.05, 0) is 29.9 Å². The number of hydrogen-bond donors (Lipinski definition) is 1. The number of nitrogens with zero attached hydrogens (tertiary/aromatic N) is 2. The van der Waals surface area contributed by atoms with E-state index in [1.54, 1.807) is 13.3 Å². The largest absolute Gasteiger partial charge is 0.490 e. The number of rotatable bonds is 7. The average Bonchev–Trinajstić information content (AvgIpc) is 3.06. The highest BCUT2D eigenvalue weighted by atomic mass is 35.5. The van der Waals surface area contributed by atoms with Crippen molar-refractivity contribution < 1.29 is 24.2 Å². The molecule has 2 unspecified atom stereocenters. The van der Waals surface area contributed by atoms with Crippen LogP contribution in [0.5, 0.6) is 5.75 Å². The summed E-state index contributed by atoms with van der Waals surface area (Å²) in [6.07, 6.45) is 5.15. The van der Waals surface area contributed by atoms with Crippen LogP contribution in [0.3, 0.4) is 0 Å². The summed E-state index contributed by atoms with van der Waals surface area (Å²) in [5.74, 6) is -0.348. The van der Waals surface area contributed by atoms with Crippen molar-refractivity contribution in [3.05, 3.63) is 39.8 Å². The molecule has 0 spiro atoms. The number of aldehydes is 1. The third-order valence-corrected chi connectivity index (χ3v) is 6.85. The smallest absolute Gasteiger partial charge is 0.333 e. The van der Waals surface area contributed by atoms with Gasteiger partial charge >= 0.3 is 5.97 Å². The number of allylic oxidation sites excluding steroid dienone is 1. The number of aliphatic carboxylic acids is 1. The van der Waals surface area contributed by atoms with E-state index in [4.69, 9.17) is 21.1 Å². The van der Waals surface area contributed by atoms with E-state index in [0.29, 0.717) is 35.9 Å². The zero-order chi connectivity index (χ0) is 22.3. The molecule has 166 valence electrons. The molecule has 3 heterocycles. The molecule has 1 aromatic rings. The van der Waals surface area contributed by atoms with Gasteiger partial charge in [-0.2, -0.15) is 0 Å². The summed E-state index contributed by atoms with van der Waals surface area (Å²) in [6, 6.07) is 1.98. The Bertz CT molecular complexity index is 984. The molecule has 8 heteroatoms. The van der Waals surface area contributed by atoms with Gasteiger partial charge in [0.15, 0.2) is 10.9 Å². The molecule has 1 fully saturated rings. The third-order valence-electron chi connectivity index (χ3n) is 6.58. The van der Waals surface area contributed by atoms with E-state index in [1.165, 1.54) is 0 Å². The minimum Gasteiger partial charge on any atom is -0.490 e. The van der Waals surface area contributed by atoms with Crippen molar-refractivity contribution in [2.45, 2.75) is 51.5 Å². The zero-order valence-corrected chi connectivity index (χ0v) is 18.7. The monoisotopic (exact) mass is 446 g/mol. The maximum absolute atomic E-state index is 12.0. The fraction of sp³-hybridized carbons (Fsp3) is 0.522. The second-order valence-electron chi connectivity index (χ2n) is 9.02.